The Labute approximate surface area is 76.7 Å². The van der Waals surface area contributed by atoms with Crippen LogP contribution in [0.15, 0.2) is 4.52 Å². The van der Waals surface area contributed by atoms with Crippen molar-refractivity contribution in [3.05, 3.63) is 11.7 Å². The Hall–Kier alpha value is -0.940. The predicted molar refractivity (Wildman–Crippen MR) is 45.1 cm³/mol. The number of hydrogen-bond donors (Lipinski definition) is 1. The largest absolute Gasteiger partial charge is 0.384 e. The van der Waals surface area contributed by atoms with E-state index < -0.39 is 6.10 Å². The van der Waals surface area contributed by atoms with Crippen LogP contribution in [0.25, 0.3) is 0 Å². The molecule has 0 saturated carbocycles. The lowest BCUT2D eigenvalue weighted by Gasteiger charge is -2.03. The van der Waals surface area contributed by atoms with Gasteiger partial charge >= 0.3 is 0 Å². The highest BCUT2D eigenvalue weighted by Crippen LogP contribution is 2.09. The van der Waals surface area contributed by atoms with Gasteiger partial charge in [0.05, 0.1) is 6.10 Å². The molecule has 0 aliphatic carbocycles. The zero-order valence-electron chi connectivity index (χ0n) is 8.02. The molecule has 1 aromatic rings. The maximum absolute atomic E-state index is 9.10. The third-order valence-electron chi connectivity index (χ3n) is 1.71. The monoisotopic (exact) mass is 186 g/mol. The number of rotatable bonds is 4. The van der Waals surface area contributed by atoms with Crippen LogP contribution in [-0.4, -0.2) is 28.5 Å². The molecule has 0 fully saturated rings. The van der Waals surface area contributed by atoms with Gasteiger partial charge in [-0.2, -0.15) is 4.98 Å². The summed E-state index contributed by atoms with van der Waals surface area (Å²) < 4.78 is 9.84. The van der Waals surface area contributed by atoms with E-state index in [0.717, 1.165) is 0 Å². The molecule has 13 heavy (non-hydrogen) atoms. The van der Waals surface area contributed by atoms with Crippen LogP contribution >= 0.6 is 0 Å². The summed E-state index contributed by atoms with van der Waals surface area (Å²) in [5, 5.41) is 12.8. The lowest BCUT2D eigenvalue weighted by atomic mass is 10.3. The third kappa shape index (κ3) is 2.78. The minimum atomic E-state index is -0.709. The quantitative estimate of drug-likeness (QED) is 0.749. The molecule has 0 bridgehead atoms. The van der Waals surface area contributed by atoms with Gasteiger partial charge in [-0.05, 0) is 13.8 Å². The molecule has 0 saturated heterocycles. The summed E-state index contributed by atoms with van der Waals surface area (Å²) in [5.41, 5.74) is 0. The number of aliphatic hydroxyl groups excluding tert-OH is 1. The third-order valence-corrected chi connectivity index (χ3v) is 1.71. The van der Waals surface area contributed by atoms with E-state index in [0.29, 0.717) is 12.2 Å². The van der Waals surface area contributed by atoms with Crippen molar-refractivity contribution in [2.75, 3.05) is 7.11 Å². The Bertz CT molecular complexity index is 260. The predicted octanol–water partition coefficient (Wildman–Crippen LogP) is 0.700. The Morgan fingerprint density at radius 1 is 1.54 bits per heavy atom. The minimum Gasteiger partial charge on any atom is -0.384 e. The fourth-order valence-corrected chi connectivity index (χ4v) is 0.861. The number of hydrogen-bond acceptors (Lipinski definition) is 5. The van der Waals surface area contributed by atoms with E-state index in [1.54, 1.807) is 14.0 Å². The molecule has 0 aliphatic heterocycles. The summed E-state index contributed by atoms with van der Waals surface area (Å²) in [7, 11) is 1.63. The molecule has 1 aromatic heterocycles. The molecule has 0 radical (unpaired) electrons. The van der Waals surface area contributed by atoms with Crippen LogP contribution < -0.4 is 0 Å². The topological polar surface area (TPSA) is 68.4 Å². The average Bonchev–Trinajstić information content (AvgIpc) is 2.52. The Morgan fingerprint density at radius 3 is 2.69 bits per heavy atom. The first-order chi connectivity index (χ1) is 6.13. The second-order valence-electron chi connectivity index (χ2n) is 2.98. The van der Waals surface area contributed by atoms with Crippen molar-refractivity contribution in [1.29, 1.82) is 0 Å². The van der Waals surface area contributed by atoms with Gasteiger partial charge in [-0.1, -0.05) is 5.16 Å². The molecular weight excluding hydrogens is 172 g/mol. The van der Waals surface area contributed by atoms with Gasteiger partial charge < -0.3 is 14.4 Å². The zero-order chi connectivity index (χ0) is 9.84. The van der Waals surface area contributed by atoms with E-state index in [2.05, 4.69) is 10.1 Å². The second-order valence-corrected chi connectivity index (χ2v) is 2.98. The van der Waals surface area contributed by atoms with E-state index in [4.69, 9.17) is 14.4 Å². The second kappa shape index (κ2) is 4.34. The number of methoxy groups -OCH3 is 1. The van der Waals surface area contributed by atoms with Gasteiger partial charge in [-0.3, -0.25) is 0 Å². The van der Waals surface area contributed by atoms with Crippen molar-refractivity contribution in [3.8, 4) is 0 Å². The molecular formula is C8H14N2O3. The fraction of sp³-hybridized carbons (Fsp3) is 0.750. The first kappa shape index (κ1) is 10.1. The van der Waals surface area contributed by atoms with Crippen LogP contribution in [0, 0.1) is 0 Å². The van der Waals surface area contributed by atoms with Gasteiger partial charge in [-0.25, -0.2) is 0 Å². The van der Waals surface area contributed by atoms with Gasteiger partial charge in [-0.15, -0.1) is 0 Å². The van der Waals surface area contributed by atoms with Gasteiger partial charge in [0.25, 0.3) is 5.89 Å². The molecule has 1 rings (SSSR count). The molecule has 5 heteroatoms. The zero-order valence-corrected chi connectivity index (χ0v) is 8.02. The molecule has 2 atom stereocenters. The maximum atomic E-state index is 9.10. The summed E-state index contributed by atoms with van der Waals surface area (Å²) in [6.07, 6.45) is -0.0641. The lowest BCUT2D eigenvalue weighted by molar-refractivity contribution is 0.116. The van der Waals surface area contributed by atoms with Crippen molar-refractivity contribution in [3.63, 3.8) is 0 Å². The van der Waals surface area contributed by atoms with E-state index >= 15 is 0 Å². The van der Waals surface area contributed by atoms with Crippen molar-refractivity contribution < 1.29 is 14.4 Å². The highest BCUT2D eigenvalue weighted by atomic mass is 16.5. The average molecular weight is 186 g/mol. The Balaban J connectivity index is 2.58. The number of ether oxygens (including phenoxy) is 1. The number of aliphatic hydroxyl groups is 1. The van der Waals surface area contributed by atoms with Crippen LogP contribution in [0.5, 0.6) is 0 Å². The minimum absolute atomic E-state index is 0.0550. The molecule has 0 amide bonds. The standard InChI is InChI=1S/C8H14N2O3/c1-5(12-3)4-7-9-8(6(2)11)13-10-7/h5-6,11H,4H2,1-3H3/t5?,6-/m0/s1. The van der Waals surface area contributed by atoms with E-state index in [1.165, 1.54) is 0 Å². The van der Waals surface area contributed by atoms with Crippen LogP contribution in [0.3, 0.4) is 0 Å². The molecule has 5 nitrogen and oxygen atoms in total. The molecule has 1 unspecified atom stereocenters. The SMILES string of the molecule is COC(C)Cc1noc([C@H](C)O)n1. The summed E-state index contributed by atoms with van der Waals surface area (Å²) in [4.78, 5) is 3.99. The van der Waals surface area contributed by atoms with Gasteiger partial charge in [0.1, 0.15) is 6.10 Å². The van der Waals surface area contributed by atoms with E-state index in [-0.39, 0.29) is 12.0 Å². The lowest BCUT2D eigenvalue weighted by Crippen LogP contribution is -2.09. The van der Waals surface area contributed by atoms with Crippen LogP contribution in [-0.2, 0) is 11.2 Å². The summed E-state index contributed by atoms with van der Waals surface area (Å²) >= 11 is 0. The molecule has 1 N–H and O–H groups in total. The maximum Gasteiger partial charge on any atom is 0.255 e. The van der Waals surface area contributed by atoms with Crippen molar-refractivity contribution in [1.82, 2.24) is 10.1 Å². The van der Waals surface area contributed by atoms with Crippen molar-refractivity contribution >= 4 is 0 Å². The first-order valence-electron chi connectivity index (χ1n) is 4.16. The van der Waals surface area contributed by atoms with Crippen molar-refractivity contribution in [2.45, 2.75) is 32.5 Å². The highest BCUT2D eigenvalue weighted by molar-refractivity contribution is 4.89. The highest BCUT2D eigenvalue weighted by Gasteiger charge is 2.12. The fourth-order valence-electron chi connectivity index (χ4n) is 0.861. The molecule has 1 heterocycles. The van der Waals surface area contributed by atoms with Gasteiger partial charge in [0.2, 0.25) is 0 Å². The van der Waals surface area contributed by atoms with Crippen LogP contribution in [0.1, 0.15) is 31.7 Å². The smallest absolute Gasteiger partial charge is 0.255 e. The number of nitrogens with zero attached hydrogens (tertiary/aromatic N) is 2. The van der Waals surface area contributed by atoms with Crippen molar-refractivity contribution in [2.24, 2.45) is 0 Å². The van der Waals surface area contributed by atoms with E-state index in [9.17, 15) is 0 Å². The van der Waals surface area contributed by atoms with Gasteiger partial charge in [0, 0.05) is 13.5 Å². The van der Waals surface area contributed by atoms with E-state index in [1.807, 2.05) is 6.92 Å². The first-order valence-corrected chi connectivity index (χ1v) is 4.16. The summed E-state index contributed by atoms with van der Waals surface area (Å²) in [6, 6.07) is 0. The summed E-state index contributed by atoms with van der Waals surface area (Å²) in [5.74, 6) is 0.809. The van der Waals surface area contributed by atoms with Gasteiger partial charge in [0.15, 0.2) is 5.82 Å². The summed E-state index contributed by atoms with van der Waals surface area (Å²) in [6.45, 7) is 3.50. The Kier molecular flexibility index (Phi) is 3.39. The molecule has 74 valence electrons. The normalized spacial score (nSPS) is 15.7. The number of aromatic nitrogens is 2. The molecule has 0 aromatic carbocycles. The molecule has 0 spiro atoms. The van der Waals surface area contributed by atoms with Crippen LogP contribution in [0.2, 0.25) is 0 Å². The van der Waals surface area contributed by atoms with Crippen LogP contribution in [0.4, 0.5) is 0 Å². The Morgan fingerprint density at radius 2 is 2.23 bits per heavy atom. The molecule has 0 aliphatic rings.